The summed E-state index contributed by atoms with van der Waals surface area (Å²) >= 11 is 6.54. The summed E-state index contributed by atoms with van der Waals surface area (Å²) in [5.41, 5.74) is 3.42. The van der Waals surface area contributed by atoms with Gasteiger partial charge in [0.2, 0.25) is 11.1 Å². The predicted molar refractivity (Wildman–Crippen MR) is 123 cm³/mol. The molecule has 1 amide bonds. The summed E-state index contributed by atoms with van der Waals surface area (Å²) in [6, 6.07) is 12.7. The highest BCUT2D eigenvalue weighted by Crippen LogP contribution is 2.36. The molecule has 0 spiro atoms. The van der Waals surface area contributed by atoms with Crippen LogP contribution in [0.15, 0.2) is 58.8 Å². The number of carbonyl (C=O) groups excluding carboxylic acids is 1. The third kappa shape index (κ3) is 6.39. The molecule has 0 aliphatic carbocycles. The molecule has 0 saturated heterocycles. The average molecular weight is 498 g/mol. The molecule has 8 nitrogen and oxygen atoms in total. The van der Waals surface area contributed by atoms with Crippen molar-refractivity contribution in [1.29, 1.82) is 0 Å². The van der Waals surface area contributed by atoms with Crippen LogP contribution in [0.25, 0.3) is 0 Å². The molecule has 0 atom stereocenters. The first-order valence-electron chi connectivity index (χ1n) is 9.57. The first kappa shape index (κ1) is 24.4. The minimum Gasteiger partial charge on any atom is -0.334 e. The van der Waals surface area contributed by atoms with Crippen molar-refractivity contribution in [2.45, 2.75) is 24.7 Å². The number of hydrogen-bond donors (Lipinski definition) is 3. The van der Waals surface area contributed by atoms with Crippen LogP contribution in [0, 0.1) is 0 Å². The molecule has 174 valence electrons. The number of nitrogens with one attached hydrogen (secondary N) is 2. The Hall–Kier alpha value is -3.25. The molecule has 4 N–H and O–H groups in total. The third-order valence-corrected chi connectivity index (χ3v) is 5.56. The third-order valence-electron chi connectivity index (χ3n) is 4.29. The lowest BCUT2D eigenvalue weighted by molar-refractivity contribution is -0.137. The molecule has 0 bridgehead atoms. The van der Waals surface area contributed by atoms with Gasteiger partial charge in [0.05, 0.1) is 22.1 Å². The molecule has 3 rings (SSSR count). The number of amides is 1. The average Bonchev–Trinajstić information content (AvgIpc) is 3.13. The van der Waals surface area contributed by atoms with Crippen LogP contribution in [-0.2, 0) is 11.0 Å². The Morgan fingerprint density at radius 1 is 1.21 bits per heavy atom. The zero-order valence-corrected chi connectivity index (χ0v) is 18.8. The number of anilines is 2. The van der Waals surface area contributed by atoms with E-state index in [0.717, 1.165) is 39.8 Å². The highest BCUT2D eigenvalue weighted by Gasteiger charge is 2.33. The van der Waals surface area contributed by atoms with Gasteiger partial charge in [-0.15, -0.1) is 10.2 Å². The molecule has 0 fully saturated rings. The lowest BCUT2D eigenvalue weighted by atomic mass is 10.1. The van der Waals surface area contributed by atoms with E-state index < -0.39 is 22.7 Å². The SMILES string of the molecule is CC/C(=N\Nc1nnc(SCC(=O)Nc2ccc(Cl)c(C(F)(F)F)c2)n1N)c1ccccc1. The Bertz CT molecular complexity index is 1150. The van der Waals surface area contributed by atoms with Crippen molar-refractivity contribution in [3.05, 3.63) is 64.7 Å². The lowest BCUT2D eigenvalue weighted by Crippen LogP contribution is -2.17. The summed E-state index contributed by atoms with van der Waals surface area (Å²) in [5, 5.41) is 14.3. The molecular weight excluding hydrogens is 479 g/mol. The first-order chi connectivity index (χ1) is 15.7. The van der Waals surface area contributed by atoms with Crippen LogP contribution in [0.4, 0.5) is 24.8 Å². The molecule has 3 aromatic rings. The van der Waals surface area contributed by atoms with Gasteiger partial charge in [0.1, 0.15) is 0 Å². The van der Waals surface area contributed by atoms with Gasteiger partial charge in [-0.3, -0.25) is 4.79 Å². The normalized spacial score (nSPS) is 12.0. The summed E-state index contributed by atoms with van der Waals surface area (Å²) in [5.74, 6) is 5.41. The van der Waals surface area contributed by atoms with Crippen molar-refractivity contribution in [2.24, 2.45) is 5.10 Å². The van der Waals surface area contributed by atoms with Gasteiger partial charge in [-0.1, -0.05) is 60.6 Å². The summed E-state index contributed by atoms with van der Waals surface area (Å²) in [4.78, 5) is 12.2. The smallest absolute Gasteiger partial charge is 0.334 e. The van der Waals surface area contributed by atoms with E-state index in [2.05, 4.69) is 26.0 Å². The van der Waals surface area contributed by atoms with Crippen molar-refractivity contribution < 1.29 is 18.0 Å². The molecular formula is C20H19ClF3N7OS. The monoisotopic (exact) mass is 497 g/mol. The maximum atomic E-state index is 13.0. The molecule has 0 saturated carbocycles. The van der Waals surface area contributed by atoms with Gasteiger partial charge in [0.25, 0.3) is 5.95 Å². The topological polar surface area (TPSA) is 110 Å². The number of nitrogen functional groups attached to an aromatic ring is 1. The van der Waals surface area contributed by atoms with Gasteiger partial charge in [0.15, 0.2) is 0 Å². The minimum absolute atomic E-state index is 0.0313. The van der Waals surface area contributed by atoms with Gasteiger partial charge in [-0.25, -0.2) is 10.1 Å². The van der Waals surface area contributed by atoms with Crippen LogP contribution in [0.2, 0.25) is 5.02 Å². The van der Waals surface area contributed by atoms with E-state index in [1.165, 1.54) is 6.07 Å². The number of hydrazone groups is 1. The fraction of sp³-hybridized carbons (Fsp3) is 0.200. The molecule has 33 heavy (non-hydrogen) atoms. The summed E-state index contributed by atoms with van der Waals surface area (Å²) in [6.07, 6.45) is -3.97. The largest absolute Gasteiger partial charge is 0.417 e. The highest BCUT2D eigenvalue weighted by molar-refractivity contribution is 7.99. The molecule has 0 aliphatic rings. The maximum absolute atomic E-state index is 13.0. The van der Waals surface area contributed by atoms with Gasteiger partial charge in [-0.2, -0.15) is 18.3 Å². The number of halogens is 4. The van der Waals surface area contributed by atoms with Crippen LogP contribution >= 0.6 is 23.4 Å². The lowest BCUT2D eigenvalue weighted by Gasteiger charge is -2.11. The Kier molecular flexibility index (Phi) is 7.82. The van der Waals surface area contributed by atoms with Crippen LogP contribution < -0.4 is 16.6 Å². The van der Waals surface area contributed by atoms with Crippen molar-refractivity contribution in [3.63, 3.8) is 0 Å². The number of nitrogens with zero attached hydrogens (tertiary/aromatic N) is 4. The van der Waals surface area contributed by atoms with Gasteiger partial charge in [-0.05, 0) is 30.2 Å². The summed E-state index contributed by atoms with van der Waals surface area (Å²) in [6.45, 7) is 1.96. The summed E-state index contributed by atoms with van der Waals surface area (Å²) in [7, 11) is 0. The Morgan fingerprint density at radius 2 is 1.94 bits per heavy atom. The van der Waals surface area contributed by atoms with Crippen LogP contribution in [-0.4, -0.2) is 32.2 Å². The number of thioether (sulfide) groups is 1. The predicted octanol–water partition coefficient (Wildman–Crippen LogP) is 4.62. The van der Waals surface area contributed by atoms with E-state index in [1.807, 2.05) is 37.3 Å². The van der Waals surface area contributed by atoms with Gasteiger partial charge >= 0.3 is 6.18 Å². The molecule has 0 aliphatic heterocycles. The zero-order valence-electron chi connectivity index (χ0n) is 17.2. The zero-order chi connectivity index (χ0) is 24.0. The molecule has 0 radical (unpaired) electrons. The Labute approximate surface area is 196 Å². The standard InChI is InChI=1S/C20H19ClF3N7OS/c1-2-16(12-6-4-3-5-7-12)27-28-18-29-30-19(31(18)25)33-11-17(32)26-13-8-9-15(21)14(10-13)20(22,23)24/h3-10H,2,11,25H2,1H3,(H,26,32)(H,28,29)/b27-16+. The second-order valence-corrected chi connectivity index (χ2v) is 7.94. The Balaban J connectivity index is 1.61. The molecule has 1 aromatic heterocycles. The van der Waals surface area contributed by atoms with Crippen molar-refractivity contribution >= 4 is 46.6 Å². The molecule has 0 unspecified atom stereocenters. The first-order valence-corrected chi connectivity index (χ1v) is 10.9. The second-order valence-electron chi connectivity index (χ2n) is 6.60. The quantitative estimate of drug-likeness (QED) is 0.181. The van der Waals surface area contributed by atoms with Crippen molar-refractivity contribution in [1.82, 2.24) is 14.9 Å². The minimum atomic E-state index is -4.63. The molecule has 13 heteroatoms. The van der Waals surface area contributed by atoms with E-state index in [9.17, 15) is 18.0 Å². The number of nitrogens with two attached hydrogens (primary N) is 1. The van der Waals surface area contributed by atoms with Crippen molar-refractivity contribution in [2.75, 3.05) is 22.3 Å². The number of rotatable bonds is 8. The van der Waals surface area contributed by atoms with Crippen LogP contribution in [0.5, 0.6) is 0 Å². The van der Waals surface area contributed by atoms with Gasteiger partial charge in [0, 0.05) is 5.69 Å². The second kappa shape index (κ2) is 10.6. The van der Waals surface area contributed by atoms with Crippen LogP contribution in [0.1, 0.15) is 24.5 Å². The van der Waals surface area contributed by atoms with E-state index in [1.54, 1.807) is 0 Å². The van der Waals surface area contributed by atoms with Gasteiger partial charge < -0.3 is 11.2 Å². The van der Waals surface area contributed by atoms with Crippen molar-refractivity contribution in [3.8, 4) is 0 Å². The molecule has 1 heterocycles. The number of carbonyl (C=O) groups is 1. The molecule has 2 aromatic carbocycles. The number of hydrogen-bond acceptors (Lipinski definition) is 7. The number of alkyl halides is 3. The fourth-order valence-electron chi connectivity index (χ4n) is 2.69. The summed E-state index contributed by atoms with van der Waals surface area (Å²) < 4.78 is 40.0. The van der Waals surface area contributed by atoms with E-state index in [4.69, 9.17) is 17.4 Å². The fourth-order valence-corrected chi connectivity index (χ4v) is 3.58. The number of aromatic nitrogens is 3. The van der Waals surface area contributed by atoms with Crippen LogP contribution in [0.3, 0.4) is 0 Å². The number of benzene rings is 2. The Morgan fingerprint density at radius 3 is 2.61 bits per heavy atom. The maximum Gasteiger partial charge on any atom is 0.417 e. The highest BCUT2D eigenvalue weighted by atomic mass is 35.5. The van der Waals surface area contributed by atoms with E-state index in [0.29, 0.717) is 6.42 Å². The van der Waals surface area contributed by atoms with E-state index in [-0.39, 0.29) is 22.5 Å². The van der Waals surface area contributed by atoms with E-state index >= 15 is 0 Å².